The first-order chi connectivity index (χ1) is 8.54. The molecule has 0 saturated carbocycles. The van der Waals surface area contributed by atoms with Crippen molar-refractivity contribution in [2.75, 3.05) is 13.6 Å². The third kappa shape index (κ3) is 4.20. The Morgan fingerprint density at radius 2 is 1.89 bits per heavy atom. The second kappa shape index (κ2) is 6.79. The monoisotopic (exact) mass is 249 g/mol. The molecule has 18 heavy (non-hydrogen) atoms. The second-order valence-corrected chi connectivity index (χ2v) is 4.36. The van der Waals surface area contributed by atoms with Crippen molar-refractivity contribution in [2.24, 2.45) is 0 Å². The molecule has 1 atom stereocenters. The highest BCUT2D eigenvalue weighted by Crippen LogP contribution is 2.23. The van der Waals surface area contributed by atoms with Gasteiger partial charge in [0.05, 0.1) is 0 Å². The maximum atomic E-state index is 11.9. The fraction of sp³-hybridized carbons (Fsp3) is 0.429. The van der Waals surface area contributed by atoms with E-state index in [2.05, 4.69) is 0 Å². The van der Waals surface area contributed by atoms with Gasteiger partial charge in [-0.3, -0.25) is 9.59 Å². The Hall–Kier alpha value is -1.84. The molecule has 1 aromatic carbocycles. The van der Waals surface area contributed by atoms with Crippen LogP contribution >= 0.6 is 0 Å². The summed E-state index contributed by atoms with van der Waals surface area (Å²) in [6.07, 6.45) is 1.21. The summed E-state index contributed by atoms with van der Waals surface area (Å²) in [5.74, 6) is -0.971. The molecule has 0 aliphatic rings. The molecule has 98 valence electrons. The number of rotatable bonds is 6. The highest BCUT2D eigenvalue weighted by atomic mass is 16.4. The molecule has 1 amide bonds. The van der Waals surface area contributed by atoms with Gasteiger partial charge in [-0.1, -0.05) is 37.3 Å². The lowest BCUT2D eigenvalue weighted by Crippen LogP contribution is -2.32. The molecule has 0 spiro atoms. The van der Waals surface area contributed by atoms with Gasteiger partial charge < -0.3 is 10.0 Å². The van der Waals surface area contributed by atoms with Gasteiger partial charge in [-0.15, -0.1) is 0 Å². The van der Waals surface area contributed by atoms with Gasteiger partial charge >= 0.3 is 5.97 Å². The minimum atomic E-state index is -0.987. The molecule has 0 heterocycles. The van der Waals surface area contributed by atoms with E-state index < -0.39 is 5.97 Å². The van der Waals surface area contributed by atoms with Gasteiger partial charge in [-0.2, -0.15) is 0 Å². The van der Waals surface area contributed by atoms with E-state index in [1.165, 1.54) is 11.9 Å². The summed E-state index contributed by atoms with van der Waals surface area (Å²) >= 11 is 0. The predicted octanol–water partition coefficient (Wildman–Crippen LogP) is 2.11. The van der Waals surface area contributed by atoms with E-state index >= 15 is 0 Å². The number of nitrogens with zero attached hydrogens (tertiary/aromatic N) is 1. The SMILES string of the molecule is CCC(CC(=O)N(C)CC(=O)O)c1ccccc1. The fourth-order valence-corrected chi connectivity index (χ4v) is 1.88. The summed E-state index contributed by atoms with van der Waals surface area (Å²) in [5, 5.41) is 8.65. The lowest BCUT2D eigenvalue weighted by molar-refractivity contribution is -0.143. The van der Waals surface area contributed by atoms with Gasteiger partial charge in [0.2, 0.25) is 5.91 Å². The first-order valence-electron chi connectivity index (χ1n) is 6.05. The van der Waals surface area contributed by atoms with Crippen LogP contribution in [0.5, 0.6) is 0 Å². The molecule has 0 radical (unpaired) electrons. The molecule has 0 fully saturated rings. The van der Waals surface area contributed by atoms with Gasteiger partial charge in [-0.05, 0) is 17.9 Å². The van der Waals surface area contributed by atoms with Crippen molar-refractivity contribution in [3.63, 3.8) is 0 Å². The fourth-order valence-electron chi connectivity index (χ4n) is 1.88. The third-order valence-corrected chi connectivity index (χ3v) is 2.98. The van der Waals surface area contributed by atoms with Gasteiger partial charge in [0.15, 0.2) is 0 Å². The van der Waals surface area contributed by atoms with Gasteiger partial charge in [0.25, 0.3) is 0 Å². The second-order valence-electron chi connectivity index (χ2n) is 4.36. The highest BCUT2D eigenvalue weighted by Gasteiger charge is 2.18. The first-order valence-corrected chi connectivity index (χ1v) is 6.05. The van der Waals surface area contributed by atoms with E-state index in [0.29, 0.717) is 6.42 Å². The quantitative estimate of drug-likeness (QED) is 0.840. The number of carbonyl (C=O) groups excluding carboxylic acids is 1. The van der Waals surface area contributed by atoms with Crippen molar-refractivity contribution < 1.29 is 14.7 Å². The van der Waals surface area contributed by atoms with Crippen LogP contribution in [-0.2, 0) is 9.59 Å². The van der Waals surface area contributed by atoms with E-state index in [1.807, 2.05) is 37.3 Å². The number of carbonyl (C=O) groups is 2. The van der Waals surface area contributed by atoms with Crippen LogP contribution in [0.1, 0.15) is 31.2 Å². The standard InChI is InChI=1S/C14H19NO3/c1-3-11(12-7-5-4-6-8-12)9-13(16)15(2)10-14(17)18/h4-8,11H,3,9-10H2,1-2H3,(H,17,18). The Labute approximate surface area is 107 Å². The van der Waals surface area contributed by atoms with Crippen LogP contribution in [0.3, 0.4) is 0 Å². The Morgan fingerprint density at radius 1 is 1.28 bits per heavy atom. The number of benzene rings is 1. The smallest absolute Gasteiger partial charge is 0.323 e. The molecule has 4 heteroatoms. The van der Waals surface area contributed by atoms with Crippen molar-refractivity contribution in [3.05, 3.63) is 35.9 Å². The van der Waals surface area contributed by atoms with Crippen LogP contribution in [-0.4, -0.2) is 35.5 Å². The summed E-state index contributed by atoms with van der Waals surface area (Å²) in [6.45, 7) is 1.78. The molecular weight excluding hydrogens is 230 g/mol. The summed E-state index contributed by atoms with van der Waals surface area (Å²) < 4.78 is 0. The number of likely N-dealkylation sites (N-methyl/N-ethyl adjacent to an activating group) is 1. The van der Waals surface area contributed by atoms with Crippen LogP contribution < -0.4 is 0 Å². The van der Waals surface area contributed by atoms with Crippen LogP contribution in [0.4, 0.5) is 0 Å². The Balaban J connectivity index is 2.64. The normalized spacial score (nSPS) is 11.9. The molecule has 0 aromatic heterocycles. The van der Waals surface area contributed by atoms with Crippen molar-refractivity contribution in [1.82, 2.24) is 4.90 Å². The molecule has 1 rings (SSSR count). The maximum Gasteiger partial charge on any atom is 0.323 e. The average Bonchev–Trinajstić information content (AvgIpc) is 2.35. The van der Waals surface area contributed by atoms with Gasteiger partial charge in [0, 0.05) is 13.5 Å². The molecule has 1 aromatic rings. The molecule has 0 bridgehead atoms. The Bertz CT molecular complexity index is 403. The minimum absolute atomic E-state index is 0.131. The number of hydrogen-bond acceptors (Lipinski definition) is 2. The van der Waals surface area contributed by atoms with Gasteiger partial charge in [-0.25, -0.2) is 0 Å². The number of carboxylic acids is 1. The zero-order chi connectivity index (χ0) is 13.5. The van der Waals surface area contributed by atoms with E-state index in [0.717, 1.165) is 12.0 Å². The number of hydrogen-bond donors (Lipinski definition) is 1. The number of amides is 1. The predicted molar refractivity (Wildman–Crippen MR) is 69.4 cm³/mol. The van der Waals surface area contributed by atoms with Crippen molar-refractivity contribution in [2.45, 2.75) is 25.7 Å². The van der Waals surface area contributed by atoms with Crippen LogP contribution in [0.15, 0.2) is 30.3 Å². The minimum Gasteiger partial charge on any atom is -0.480 e. The molecule has 0 aliphatic carbocycles. The Morgan fingerprint density at radius 3 is 2.39 bits per heavy atom. The van der Waals surface area contributed by atoms with E-state index in [-0.39, 0.29) is 18.4 Å². The number of carboxylic acid groups (broad SMARTS) is 1. The third-order valence-electron chi connectivity index (χ3n) is 2.98. The summed E-state index contributed by atoms with van der Waals surface area (Å²) in [7, 11) is 1.52. The molecule has 4 nitrogen and oxygen atoms in total. The number of aliphatic carboxylic acids is 1. The zero-order valence-electron chi connectivity index (χ0n) is 10.8. The topological polar surface area (TPSA) is 57.6 Å². The summed E-state index contributed by atoms with van der Waals surface area (Å²) in [6, 6.07) is 9.83. The highest BCUT2D eigenvalue weighted by molar-refractivity contribution is 5.81. The van der Waals surface area contributed by atoms with Crippen molar-refractivity contribution in [3.8, 4) is 0 Å². The first kappa shape index (κ1) is 14.2. The summed E-state index contributed by atoms with van der Waals surface area (Å²) in [4.78, 5) is 23.7. The van der Waals surface area contributed by atoms with Crippen LogP contribution in [0.25, 0.3) is 0 Å². The van der Waals surface area contributed by atoms with Crippen LogP contribution in [0, 0.1) is 0 Å². The molecule has 0 aliphatic heterocycles. The molecular formula is C14H19NO3. The molecule has 0 saturated heterocycles. The lowest BCUT2D eigenvalue weighted by Gasteiger charge is -2.19. The Kier molecular flexibility index (Phi) is 5.36. The average molecular weight is 249 g/mol. The summed E-state index contributed by atoms with van der Waals surface area (Å²) in [5.41, 5.74) is 1.12. The largest absolute Gasteiger partial charge is 0.480 e. The van der Waals surface area contributed by atoms with Crippen molar-refractivity contribution >= 4 is 11.9 Å². The van der Waals surface area contributed by atoms with E-state index in [1.54, 1.807) is 0 Å². The van der Waals surface area contributed by atoms with Crippen LogP contribution in [0.2, 0.25) is 0 Å². The van der Waals surface area contributed by atoms with Gasteiger partial charge in [0.1, 0.15) is 6.54 Å². The van der Waals surface area contributed by atoms with Crippen molar-refractivity contribution in [1.29, 1.82) is 0 Å². The van der Waals surface area contributed by atoms with E-state index in [4.69, 9.17) is 5.11 Å². The van der Waals surface area contributed by atoms with E-state index in [9.17, 15) is 9.59 Å². The molecule has 1 N–H and O–H groups in total. The maximum absolute atomic E-state index is 11.9. The molecule has 1 unspecified atom stereocenters. The zero-order valence-corrected chi connectivity index (χ0v) is 10.8. The lowest BCUT2D eigenvalue weighted by atomic mass is 9.93.